The number of halogens is 1. The smallest absolute Gasteiger partial charge is 0.269 e. The van der Waals surface area contributed by atoms with Gasteiger partial charge in [0.15, 0.2) is 11.4 Å². The first-order valence-corrected chi connectivity index (χ1v) is 10.8. The Balaban J connectivity index is 1.61. The fourth-order valence-corrected chi connectivity index (χ4v) is 4.33. The summed E-state index contributed by atoms with van der Waals surface area (Å²) in [4.78, 5) is 32.3. The molecule has 5 rings (SSSR count). The number of fused-ring (bicyclic) bond motifs is 3. The summed E-state index contributed by atoms with van der Waals surface area (Å²) in [6.07, 6.45) is 2.83. The molecule has 0 spiro atoms. The molecule has 1 aliphatic rings. The Morgan fingerprint density at radius 2 is 1.91 bits per heavy atom. The van der Waals surface area contributed by atoms with Crippen LogP contribution in [0.1, 0.15) is 32.0 Å². The van der Waals surface area contributed by atoms with Gasteiger partial charge in [0.25, 0.3) is 11.8 Å². The van der Waals surface area contributed by atoms with Crippen molar-refractivity contribution in [2.75, 3.05) is 5.32 Å². The van der Waals surface area contributed by atoms with E-state index in [-0.39, 0.29) is 22.3 Å². The molecule has 8 nitrogen and oxygen atoms in total. The first kappa shape index (κ1) is 21.4. The van der Waals surface area contributed by atoms with E-state index in [1.54, 1.807) is 41.1 Å². The molecule has 0 atom stereocenters. The number of rotatable bonds is 4. The SMILES string of the molecule is [C-]#[N+]c1ccc(-n2nc(C(N)=O)c3c2-c2cc(NC(=O)c4cccnc4Cl)ccc2CC3)cc1. The molecule has 0 saturated carbocycles. The predicted octanol–water partition coefficient (Wildman–Crippen LogP) is 4.59. The average Bonchev–Trinajstić information content (AvgIpc) is 3.25. The number of aryl methyl sites for hydroxylation is 1. The summed E-state index contributed by atoms with van der Waals surface area (Å²) in [5, 5.41) is 7.50. The third-order valence-corrected chi connectivity index (χ3v) is 6.01. The number of hydrogen-bond acceptors (Lipinski definition) is 4. The molecule has 2 amide bonds. The lowest BCUT2D eigenvalue weighted by atomic mass is 9.88. The zero-order valence-electron chi connectivity index (χ0n) is 17.7. The molecule has 9 heteroatoms. The Morgan fingerprint density at radius 1 is 1.12 bits per heavy atom. The summed E-state index contributed by atoms with van der Waals surface area (Å²) in [5.41, 5.74) is 11.3. The minimum atomic E-state index is -0.605. The van der Waals surface area contributed by atoms with Crippen molar-refractivity contribution in [3.63, 3.8) is 0 Å². The summed E-state index contributed by atoms with van der Waals surface area (Å²) < 4.78 is 1.67. The van der Waals surface area contributed by atoms with Crippen LogP contribution in [0.25, 0.3) is 21.8 Å². The molecule has 166 valence electrons. The maximum Gasteiger partial charge on any atom is 0.269 e. The minimum Gasteiger partial charge on any atom is -0.364 e. The Kier molecular flexibility index (Phi) is 5.32. The second-order valence-electron chi connectivity index (χ2n) is 7.75. The highest BCUT2D eigenvalue weighted by molar-refractivity contribution is 6.33. The highest BCUT2D eigenvalue weighted by Crippen LogP contribution is 2.38. The number of pyridine rings is 1. The van der Waals surface area contributed by atoms with E-state index in [0.717, 1.165) is 22.4 Å². The molecule has 0 aliphatic heterocycles. The van der Waals surface area contributed by atoms with Gasteiger partial charge in [-0.15, -0.1) is 0 Å². The van der Waals surface area contributed by atoms with Gasteiger partial charge in [0, 0.05) is 23.0 Å². The molecule has 3 N–H and O–H groups in total. The molecule has 0 saturated heterocycles. The molecule has 2 heterocycles. The van der Waals surface area contributed by atoms with Gasteiger partial charge in [-0.1, -0.05) is 29.8 Å². The van der Waals surface area contributed by atoms with Crippen molar-refractivity contribution in [2.45, 2.75) is 12.8 Å². The lowest BCUT2D eigenvalue weighted by Gasteiger charge is -2.20. The fourth-order valence-electron chi connectivity index (χ4n) is 4.12. The van der Waals surface area contributed by atoms with Crippen molar-refractivity contribution < 1.29 is 9.59 Å². The molecular formula is C25H17ClN6O2. The van der Waals surface area contributed by atoms with Crippen LogP contribution in [-0.2, 0) is 12.8 Å². The summed E-state index contributed by atoms with van der Waals surface area (Å²) >= 11 is 6.06. The average molecular weight is 469 g/mol. The molecule has 0 unspecified atom stereocenters. The molecule has 2 aromatic heterocycles. The van der Waals surface area contributed by atoms with Gasteiger partial charge < -0.3 is 11.1 Å². The van der Waals surface area contributed by atoms with E-state index in [9.17, 15) is 9.59 Å². The van der Waals surface area contributed by atoms with Crippen LogP contribution in [0, 0.1) is 6.57 Å². The molecule has 0 fully saturated rings. The number of anilines is 1. The number of carbonyl (C=O) groups is 2. The highest BCUT2D eigenvalue weighted by atomic mass is 35.5. The number of benzene rings is 2. The standard InChI is InChI=1S/C25H17ClN6O2/c1-28-15-7-9-17(10-8-15)32-22-18(21(31-32)24(27)33)11-5-14-4-6-16(13-20(14)22)30-25(34)19-3-2-12-29-23(19)26/h2-4,6-10,12-13H,5,11H2,(H2,27,33)(H,30,34). The van der Waals surface area contributed by atoms with Crippen LogP contribution >= 0.6 is 11.6 Å². The molecule has 0 bridgehead atoms. The van der Waals surface area contributed by atoms with Crippen molar-refractivity contribution >= 4 is 34.8 Å². The van der Waals surface area contributed by atoms with Crippen LogP contribution < -0.4 is 11.1 Å². The van der Waals surface area contributed by atoms with Gasteiger partial charge in [-0.05, 0) is 54.8 Å². The van der Waals surface area contributed by atoms with Gasteiger partial charge in [-0.25, -0.2) is 14.5 Å². The van der Waals surface area contributed by atoms with E-state index < -0.39 is 5.91 Å². The van der Waals surface area contributed by atoms with Crippen molar-refractivity contribution in [1.29, 1.82) is 0 Å². The lowest BCUT2D eigenvalue weighted by Crippen LogP contribution is -2.16. The van der Waals surface area contributed by atoms with E-state index >= 15 is 0 Å². The second kappa shape index (κ2) is 8.46. The van der Waals surface area contributed by atoms with Crippen molar-refractivity contribution in [2.24, 2.45) is 5.73 Å². The van der Waals surface area contributed by atoms with Gasteiger partial charge in [-0.2, -0.15) is 5.10 Å². The zero-order chi connectivity index (χ0) is 23.8. The summed E-state index contributed by atoms with van der Waals surface area (Å²) in [6.45, 7) is 7.18. The monoisotopic (exact) mass is 468 g/mol. The van der Waals surface area contributed by atoms with Crippen molar-refractivity contribution in [3.05, 3.63) is 99.7 Å². The quantitative estimate of drug-likeness (QED) is 0.337. The van der Waals surface area contributed by atoms with Gasteiger partial charge in [0.2, 0.25) is 0 Å². The van der Waals surface area contributed by atoms with Crippen LogP contribution in [0.3, 0.4) is 0 Å². The number of nitrogens with two attached hydrogens (primary N) is 1. The first-order chi connectivity index (χ1) is 16.5. The van der Waals surface area contributed by atoms with Gasteiger partial charge >= 0.3 is 0 Å². The number of nitrogens with one attached hydrogen (secondary N) is 1. The number of primary amides is 1. The summed E-state index contributed by atoms with van der Waals surface area (Å²) in [7, 11) is 0. The lowest BCUT2D eigenvalue weighted by molar-refractivity contribution is 0.0992. The molecule has 2 aromatic carbocycles. The Labute approximate surface area is 199 Å². The van der Waals surface area contributed by atoms with E-state index in [4.69, 9.17) is 23.9 Å². The van der Waals surface area contributed by atoms with Crippen LogP contribution in [0.5, 0.6) is 0 Å². The summed E-state index contributed by atoms with van der Waals surface area (Å²) in [6, 6.07) is 15.8. The Morgan fingerprint density at radius 3 is 2.62 bits per heavy atom. The first-order valence-electron chi connectivity index (χ1n) is 10.4. The molecule has 0 radical (unpaired) electrons. The molecule has 1 aliphatic carbocycles. The van der Waals surface area contributed by atoms with Crippen LogP contribution in [0.4, 0.5) is 11.4 Å². The maximum atomic E-state index is 12.8. The van der Waals surface area contributed by atoms with Crippen LogP contribution in [0.2, 0.25) is 5.15 Å². The van der Waals surface area contributed by atoms with Crippen molar-refractivity contribution in [3.8, 4) is 16.9 Å². The number of amides is 2. The Hall–Kier alpha value is -4.48. The highest BCUT2D eigenvalue weighted by Gasteiger charge is 2.28. The third kappa shape index (κ3) is 3.68. The van der Waals surface area contributed by atoms with Crippen LogP contribution in [-0.4, -0.2) is 26.6 Å². The van der Waals surface area contributed by atoms with E-state index in [0.29, 0.717) is 29.9 Å². The number of hydrogen-bond donors (Lipinski definition) is 2. The summed E-state index contributed by atoms with van der Waals surface area (Å²) in [5.74, 6) is -0.984. The molecular weight excluding hydrogens is 452 g/mol. The molecule has 34 heavy (non-hydrogen) atoms. The predicted molar refractivity (Wildman–Crippen MR) is 128 cm³/mol. The van der Waals surface area contributed by atoms with Crippen LogP contribution in [0.15, 0.2) is 60.8 Å². The second-order valence-corrected chi connectivity index (χ2v) is 8.11. The minimum absolute atomic E-state index is 0.118. The third-order valence-electron chi connectivity index (χ3n) is 5.71. The fraction of sp³-hybridized carbons (Fsp3) is 0.0800. The van der Waals surface area contributed by atoms with Gasteiger partial charge in [-0.3, -0.25) is 9.59 Å². The number of carbonyl (C=O) groups excluding carboxylic acids is 2. The van der Waals surface area contributed by atoms with Crippen molar-refractivity contribution in [1.82, 2.24) is 14.8 Å². The van der Waals surface area contributed by atoms with E-state index in [1.807, 2.05) is 18.2 Å². The van der Waals surface area contributed by atoms with E-state index in [1.165, 1.54) is 6.20 Å². The van der Waals surface area contributed by atoms with E-state index in [2.05, 4.69) is 20.2 Å². The Bertz CT molecular complexity index is 1500. The van der Waals surface area contributed by atoms with Gasteiger partial charge in [0.05, 0.1) is 23.5 Å². The van der Waals surface area contributed by atoms with Gasteiger partial charge in [0.1, 0.15) is 5.15 Å². The topological polar surface area (TPSA) is 107 Å². The number of aromatic nitrogens is 3. The number of nitrogens with zero attached hydrogens (tertiary/aromatic N) is 4. The normalized spacial score (nSPS) is 11.8. The largest absolute Gasteiger partial charge is 0.364 e. The maximum absolute atomic E-state index is 12.8. The molecule has 4 aromatic rings. The zero-order valence-corrected chi connectivity index (χ0v) is 18.5.